The Hall–Kier alpha value is -2.05. The summed E-state index contributed by atoms with van der Waals surface area (Å²) < 4.78 is 19.3. The van der Waals surface area contributed by atoms with Gasteiger partial charge in [0.05, 0.1) is 4.88 Å². The SMILES string of the molecule is Cc1ccc(C(=O)COC(=O)c2cc3c(F)cccc3s2)s1. The highest BCUT2D eigenvalue weighted by Gasteiger charge is 2.16. The summed E-state index contributed by atoms with van der Waals surface area (Å²) in [6, 6.07) is 9.68. The smallest absolute Gasteiger partial charge is 0.348 e. The molecule has 2 heterocycles. The number of carbonyl (C=O) groups excluding carboxylic acids is 2. The first-order valence-corrected chi connectivity index (χ1v) is 8.13. The molecule has 22 heavy (non-hydrogen) atoms. The van der Waals surface area contributed by atoms with Gasteiger partial charge < -0.3 is 4.74 Å². The molecule has 0 spiro atoms. The zero-order valence-corrected chi connectivity index (χ0v) is 13.2. The van der Waals surface area contributed by atoms with Gasteiger partial charge in [-0.1, -0.05) is 6.07 Å². The lowest BCUT2D eigenvalue weighted by molar-refractivity contribution is 0.0481. The fourth-order valence-corrected chi connectivity index (χ4v) is 3.74. The number of benzene rings is 1. The van der Waals surface area contributed by atoms with Crippen molar-refractivity contribution in [3.63, 3.8) is 0 Å². The van der Waals surface area contributed by atoms with Crippen LogP contribution in [0.4, 0.5) is 4.39 Å². The Morgan fingerprint density at radius 2 is 1.95 bits per heavy atom. The third kappa shape index (κ3) is 2.93. The summed E-state index contributed by atoms with van der Waals surface area (Å²) in [5.74, 6) is -1.22. The molecule has 3 nitrogen and oxygen atoms in total. The number of ketones is 1. The maximum atomic E-state index is 13.6. The van der Waals surface area contributed by atoms with Gasteiger partial charge in [0.25, 0.3) is 0 Å². The molecule has 0 fully saturated rings. The maximum absolute atomic E-state index is 13.6. The minimum atomic E-state index is -0.609. The largest absolute Gasteiger partial charge is 0.453 e. The first-order valence-electron chi connectivity index (χ1n) is 6.49. The molecule has 0 aliphatic carbocycles. The molecule has 0 amide bonds. The molecule has 0 atom stereocenters. The summed E-state index contributed by atoms with van der Waals surface area (Å²) in [5.41, 5.74) is 0. The summed E-state index contributed by atoms with van der Waals surface area (Å²) >= 11 is 2.51. The molecule has 0 saturated heterocycles. The lowest BCUT2D eigenvalue weighted by Crippen LogP contribution is -2.12. The number of hydrogen-bond donors (Lipinski definition) is 0. The number of Topliss-reactive ketones (excluding diaryl/α,β-unsaturated/α-hetero) is 1. The second kappa shape index (κ2) is 5.98. The molecular formula is C16H11FO3S2. The Kier molecular flexibility index (Phi) is 4.04. The van der Waals surface area contributed by atoms with Crippen molar-refractivity contribution in [1.29, 1.82) is 0 Å². The lowest BCUT2D eigenvalue weighted by atomic mass is 10.2. The van der Waals surface area contributed by atoms with E-state index in [0.717, 1.165) is 16.2 Å². The van der Waals surface area contributed by atoms with Crippen LogP contribution in [0.3, 0.4) is 0 Å². The van der Waals surface area contributed by atoms with Crippen LogP contribution in [0.25, 0.3) is 10.1 Å². The summed E-state index contributed by atoms with van der Waals surface area (Å²) in [6.45, 7) is 1.59. The number of aryl methyl sites for hydroxylation is 1. The van der Waals surface area contributed by atoms with Gasteiger partial charge in [-0.15, -0.1) is 22.7 Å². The van der Waals surface area contributed by atoms with Crippen LogP contribution < -0.4 is 0 Å². The van der Waals surface area contributed by atoms with Crippen molar-refractivity contribution in [1.82, 2.24) is 0 Å². The van der Waals surface area contributed by atoms with E-state index in [9.17, 15) is 14.0 Å². The van der Waals surface area contributed by atoms with Crippen LogP contribution in [0, 0.1) is 12.7 Å². The van der Waals surface area contributed by atoms with E-state index in [1.807, 2.05) is 13.0 Å². The van der Waals surface area contributed by atoms with Crippen molar-refractivity contribution in [3.8, 4) is 0 Å². The van der Waals surface area contributed by atoms with Crippen LogP contribution in [-0.4, -0.2) is 18.4 Å². The fraction of sp³-hybridized carbons (Fsp3) is 0.125. The third-order valence-electron chi connectivity index (χ3n) is 3.06. The number of esters is 1. The second-order valence-corrected chi connectivity index (χ2v) is 7.04. The number of fused-ring (bicyclic) bond motifs is 1. The quantitative estimate of drug-likeness (QED) is 0.523. The van der Waals surface area contributed by atoms with Gasteiger partial charge in [-0.05, 0) is 37.3 Å². The van der Waals surface area contributed by atoms with E-state index < -0.39 is 5.97 Å². The number of hydrogen-bond acceptors (Lipinski definition) is 5. The normalized spacial score (nSPS) is 10.8. The number of thiophene rings is 2. The molecule has 0 N–H and O–H groups in total. The van der Waals surface area contributed by atoms with E-state index in [2.05, 4.69) is 0 Å². The fourth-order valence-electron chi connectivity index (χ4n) is 1.98. The Morgan fingerprint density at radius 1 is 1.14 bits per heavy atom. The average Bonchev–Trinajstić information content (AvgIpc) is 3.11. The van der Waals surface area contributed by atoms with Crippen LogP contribution in [-0.2, 0) is 4.74 Å². The van der Waals surface area contributed by atoms with Gasteiger partial charge in [0.15, 0.2) is 6.61 Å². The molecule has 3 aromatic rings. The van der Waals surface area contributed by atoms with Crippen molar-refractivity contribution in [3.05, 3.63) is 56.8 Å². The standard InChI is InChI=1S/C16H11FO3S2/c1-9-5-6-14(21-9)12(18)8-20-16(19)15-7-10-11(17)3-2-4-13(10)22-15/h2-7H,8H2,1H3. The number of rotatable bonds is 4. The van der Waals surface area contributed by atoms with Crippen molar-refractivity contribution in [2.45, 2.75) is 6.92 Å². The van der Waals surface area contributed by atoms with E-state index in [0.29, 0.717) is 15.0 Å². The topological polar surface area (TPSA) is 43.4 Å². The molecule has 0 aliphatic heterocycles. The average molecular weight is 334 g/mol. The van der Waals surface area contributed by atoms with Gasteiger partial charge in [-0.25, -0.2) is 9.18 Å². The monoisotopic (exact) mass is 334 g/mol. The molecule has 0 saturated carbocycles. The Bertz CT molecular complexity index is 863. The second-order valence-electron chi connectivity index (χ2n) is 4.67. The molecule has 3 rings (SSSR count). The van der Waals surface area contributed by atoms with Crippen LogP contribution in [0.2, 0.25) is 0 Å². The predicted molar refractivity (Wildman–Crippen MR) is 85.5 cm³/mol. The van der Waals surface area contributed by atoms with Gasteiger partial charge >= 0.3 is 5.97 Å². The highest BCUT2D eigenvalue weighted by molar-refractivity contribution is 7.20. The lowest BCUT2D eigenvalue weighted by Gasteiger charge is -2.00. The number of carbonyl (C=O) groups is 2. The number of ether oxygens (including phenoxy) is 1. The van der Waals surface area contributed by atoms with Gasteiger partial charge in [0.1, 0.15) is 10.7 Å². The van der Waals surface area contributed by atoms with Crippen LogP contribution in [0.15, 0.2) is 36.4 Å². The predicted octanol–water partition coefficient (Wildman–Crippen LogP) is 4.45. The molecule has 0 radical (unpaired) electrons. The zero-order valence-electron chi connectivity index (χ0n) is 11.6. The molecule has 0 bridgehead atoms. The molecule has 112 valence electrons. The Balaban J connectivity index is 1.71. The van der Waals surface area contributed by atoms with Gasteiger partial charge in [0, 0.05) is 15.0 Å². The highest BCUT2D eigenvalue weighted by atomic mass is 32.1. The van der Waals surface area contributed by atoms with Gasteiger partial charge in [-0.2, -0.15) is 0 Å². The molecular weight excluding hydrogens is 323 g/mol. The minimum Gasteiger partial charge on any atom is -0.453 e. The van der Waals surface area contributed by atoms with Crippen molar-refractivity contribution in [2.75, 3.05) is 6.61 Å². The summed E-state index contributed by atoms with van der Waals surface area (Å²) in [6.07, 6.45) is 0. The van der Waals surface area contributed by atoms with Crippen LogP contribution in [0.5, 0.6) is 0 Å². The molecule has 2 aromatic heterocycles. The van der Waals surface area contributed by atoms with E-state index in [1.54, 1.807) is 18.2 Å². The van der Waals surface area contributed by atoms with Crippen molar-refractivity contribution in [2.24, 2.45) is 0 Å². The first-order chi connectivity index (χ1) is 10.5. The van der Waals surface area contributed by atoms with E-state index in [4.69, 9.17) is 4.74 Å². The molecule has 0 aliphatic rings. The number of halogens is 1. The van der Waals surface area contributed by atoms with E-state index >= 15 is 0 Å². The Labute approximate surface area is 134 Å². The molecule has 0 unspecified atom stereocenters. The van der Waals surface area contributed by atoms with Crippen LogP contribution in [0.1, 0.15) is 24.2 Å². The zero-order chi connectivity index (χ0) is 15.7. The summed E-state index contributed by atoms with van der Waals surface area (Å²) in [5, 5.41) is 0.389. The van der Waals surface area contributed by atoms with E-state index in [1.165, 1.54) is 23.5 Å². The van der Waals surface area contributed by atoms with Gasteiger partial charge in [-0.3, -0.25) is 4.79 Å². The summed E-state index contributed by atoms with van der Waals surface area (Å²) in [4.78, 5) is 25.8. The van der Waals surface area contributed by atoms with Crippen LogP contribution >= 0.6 is 22.7 Å². The van der Waals surface area contributed by atoms with Crippen molar-refractivity contribution >= 4 is 44.5 Å². The van der Waals surface area contributed by atoms with Crippen molar-refractivity contribution < 1.29 is 18.7 Å². The molecule has 6 heteroatoms. The first kappa shape index (κ1) is 14.9. The molecule has 1 aromatic carbocycles. The third-order valence-corrected chi connectivity index (χ3v) is 5.18. The summed E-state index contributed by atoms with van der Waals surface area (Å²) in [7, 11) is 0. The Morgan fingerprint density at radius 3 is 2.64 bits per heavy atom. The maximum Gasteiger partial charge on any atom is 0.348 e. The van der Waals surface area contributed by atoms with E-state index in [-0.39, 0.29) is 23.1 Å². The highest BCUT2D eigenvalue weighted by Crippen LogP contribution is 2.28. The minimum absolute atomic E-state index is 0.237. The van der Waals surface area contributed by atoms with Gasteiger partial charge in [0.2, 0.25) is 5.78 Å².